The molecule has 0 radical (unpaired) electrons. The first-order valence-corrected chi connectivity index (χ1v) is 7.97. The fourth-order valence-corrected chi connectivity index (χ4v) is 2.84. The monoisotopic (exact) mass is 393 g/mol. The Bertz CT molecular complexity index is 713. The Morgan fingerprint density at radius 2 is 1.81 bits per heavy atom. The van der Waals surface area contributed by atoms with Crippen LogP contribution in [0.1, 0.15) is 0 Å². The number of hydrogen-bond acceptors (Lipinski definition) is 4. The molecule has 0 saturated carbocycles. The molecule has 118 valence electrons. The molecule has 2 aromatic rings. The summed E-state index contributed by atoms with van der Waals surface area (Å²) in [6.45, 7) is 0. The first-order valence-electron chi connectivity index (χ1n) is 5.23. The molecule has 0 aliphatic carbocycles. The number of aryl methyl sites for hydroxylation is 1. The fraction of sp³-hybridized carbons (Fsp3) is 0.111. The van der Waals surface area contributed by atoms with E-state index in [4.69, 9.17) is 5.73 Å². The second kappa shape index (κ2) is 4.00. The minimum absolute atomic E-state index is 0.0127. The third-order valence-corrected chi connectivity index (χ3v) is 3.94. The lowest BCUT2D eigenvalue weighted by molar-refractivity contribution is 0.364. The summed E-state index contributed by atoms with van der Waals surface area (Å²) in [7, 11) is -8.33. The molecule has 0 fully saturated rings. The second-order valence-corrected chi connectivity index (χ2v) is 7.51. The van der Waals surface area contributed by atoms with Crippen molar-refractivity contribution in [3.8, 4) is 0 Å². The van der Waals surface area contributed by atoms with Gasteiger partial charge in [0.25, 0.3) is 0 Å². The molecule has 0 unspecified atom stereocenters. The van der Waals surface area contributed by atoms with Crippen molar-refractivity contribution in [3.05, 3.63) is 22.7 Å². The van der Waals surface area contributed by atoms with E-state index in [-0.39, 0.29) is 22.1 Å². The zero-order valence-electron chi connectivity index (χ0n) is 10.3. The van der Waals surface area contributed by atoms with Gasteiger partial charge in [-0.3, -0.25) is 0 Å². The van der Waals surface area contributed by atoms with Crippen LogP contribution < -0.4 is 11.1 Å². The molecule has 0 aliphatic rings. The average molecular weight is 394 g/mol. The van der Waals surface area contributed by atoms with E-state index in [1.54, 1.807) is 0 Å². The highest BCUT2D eigenvalue weighted by Gasteiger charge is 2.65. The minimum Gasteiger partial charge on any atom is -0.366 e. The zero-order valence-corrected chi connectivity index (χ0v) is 12.7. The maximum Gasteiger partial charge on any atom is 0.310 e. The number of anilines is 3. The standard InChI is InChI=1S/C9H9BrF5N5S/c1-20-9(18-8(16)19-20)17-6-2-5(10)3-7(4-6)21(11,12,13,14)15/h2-4H,1H3,(H3,16,17,18,19). The summed E-state index contributed by atoms with van der Waals surface area (Å²) >= 11 is 2.77. The van der Waals surface area contributed by atoms with Crippen molar-refractivity contribution in [2.24, 2.45) is 7.05 Å². The molecule has 0 bridgehead atoms. The third kappa shape index (κ3) is 3.75. The summed E-state index contributed by atoms with van der Waals surface area (Å²) in [6, 6.07) is 1.81. The largest absolute Gasteiger partial charge is 0.366 e. The van der Waals surface area contributed by atoms with Gasteiger partial charge >= 0.3 is 10.2 Å². The number of rotatable bonds is 3. The van der Waals surface area contributed by atoms with Crippen LogP contribution in [-0.4, -0.2) is 14.8 Å². The minimum atomic E-state index is -9.77. The summed E-state index contributed by atoms with van der Waals surface area (Å²) in [4.78, 5) is 1.69. The van der Waals surface area contributed by atoms with Crippen LogP contribution in [0.3, 0.4) is 0 Å². The Kier molecular flexibility index (Phi) is 3.01. The van der Waals surface area contributed by atoms with Gasteiger partial charge in [0.15, 0.2) is 0 Å². The molecule has 1 heterocycles. The van der Waals surface area contributed by atoms with Crippen LogP contribution >= 0.6 is 26.2 Å². The lowest BCUT2D eigenvalue weighted by atomic mass is 10.3. The first kappa shape index (κ1) is 15.8. The maximum atomic E-state index is 12.8. The first-order chi connectivity index (χ1) is 9.24. The topological polar surface area (TPSA) is 68.8 Å². The quantitative estimate of drug-likeness (QED) is 0.749. The van der Waals surface area contributed by atoms with Crippen molar-refractivity contribution in [2.75, 3.05) is 11.1 Å². The van der Waals surface area contributed by atoms with Crippen molar-refractivity contribution in [1.82, 2.24) is 14.8 Å². The molecule has 0 amide bonds. The highest BCUT2D eigenvalue weighted by atomic mass is 79.9. The van der Waals surface area contributed by atoms with Gasteiger partial charge < -0.3 is 11.1 Å². The number of hydrogen-bond donors (Lipinski definition) is 2. The Morgan fingerprint density at radius 1 is 1.19 bits per heavy atom. The fourth-order valence-electron chi connectivity index (χ4n) is 1.50. The molecule has 0 aliphatic heterocycles. The third-order valence-electron chi connectivity index (χ3n) is 2.35. The van der Waals surface area contributed by atoms with Crippen molar-refractivity contribution >= 4 is 43.7 Å². The van der Waals surface area contributed by atoms with Crippen LogP contribution in [0, 0.1) is 0 Å². The predicted octanol–water partition coefficient (Wildman–Crippen LogP) is 4.56. The van der Waals surface area contributed by atoms with Gasteiger partial charge in [0.1, 0.15) is 4.90 Å². The normalized spacial score (nSPS) is 15.4. The number of aromatic nitrogens is 3. The van der Waals surface area contributed by atoms with Gasteiger partial charge in [0, 0.05) is 17.2 Å². The van der Waals surface area contributed by atoms with Crippen LogP contribution in [0.2, 0.25) is 0 Å². The summed E-state index contributed by atoms with van der Waals surface area (Å²) in [5.74, 6) is -0.0957. The summed E-state index contributed by atoms with van der Waals surface area (Å²) in [5, 5.41) is 6.12. The van der Waals surface area contributed by atoms with Crippen LogP contribution in [0.25, 0.3) is 0 Å². The summed E-state index contributed by atoms with van der Waals surface area (Å²) < 4.78 is 65.1. The van der Waals surface area contributed by atoms with Gasteiger partial charge in [-0.15, -0.1) is 5.10 Å². The van der Waals surface area contributed by atoms with Crippen molar-refractivity contribution in [3.63, 3.8) is 0 Å². The highest BCUT2D eigenvalue weighted by molar-refractivity contribution is 9.10. The van der Waals surface area contributed by atoms with E-state index in [1.807, 2.05) is 0 Å². The summed E-state index contributed by atoms with van der Waals surface area (Å²) in [6.07, 6.45) is 0. The number of nitrogens with one attached hydrogen (secondary N) is 1. The van der Waals surface area contributed by atoms with Crippen molar-refractivity contribution in [1.29, 1.82) is 0 Å². The average Bonchev–Trinajstić information content (AvgIpc) is 2.53. The molecule has 1 aromatic heterocycles. The second-order valence-electron chi connectivity index (χ2n) is 4.19. The van der Waals surface area contributed by atoms with Crippen LogP contribution in [0.15, 0.2) is 27.6 Å². The zero-order chi connectivity index (χ0) is 16.1. The maximum absolute atomic E-state index is 12.8. The molecule has 2 rings (SSSR count). The number of nitrogens with zero attached hydrogens (tertiary/aromatic N) is 3. The predicted molar refractivity (Wildman–Crippen MR) is 74.2 cm³/mol. The van der Waals surface area contributed by atoms with E-state index in [1.165, 1.54) is 13.1 Å². The Hall–Kier alpha value is -1.56. The number of halogens is 6. The van der Waals surface area contributed by atoms with Crippen LogP contribution in [0.4, 0.5) is 37.0 Å². The lowest BCUT2D eigenvalue weighted by Gasteiger charge is -2.40. The molecule has 21 heavy (non-hydrogen) atoms. The molecule has 5 nitrogen and oxygen atoms in total. The van der Waals surface area contributed by atoms with Gasteiger partial charge in [-0.2, -0.15) is 4.98 Å². The highest BCUT2D eigenvalue weighted by Crippen LogP contribution is 3.02. The van der Waals surface area contributed by atoms with E-state index >= 15 is 0 Å². The Labute approximate surface area is 124 Å². The molecular weight excluding hydrogens is 385 g/mol. The van der Waals surface area contributed by atoms with Crippen LogP contribution in [-0.2, 0) is 7.05 Å². The van der Waals surface area contributed by atoms with Gasteiger partial charge in [0.05, 0.1) is 0 Å². The molecule has 0 saturated heterocycles. The number of nitrogens with two attached hydrogens (primary N) is 1. The van der Waals surface area contributed by atoms with Crippen molar-refractivity contribution in [2.45, 2.75) is 4.90 Å². The van der Waals surface area contributed by atoms with Gasteiger partial charge in [-0.05, 0) is 18.2 Å². The van der Waals surface area contributed by atoms with Gasteiger partial charge in [0.2, 0.25) is 11.9 Å². The summed E-state index contributed by atoms with van der Waals surface area (Å²) in [5.41, 5.74) is 5.08. The smallest absolute Gasteiger partial charge is 0.310 e. The Morgan fingerprint density at radius 3 is 2.29 bits per heavy atom. The van der Waals surface area contributed by atoms with Gasteiger partial charge in [-0.25, -0.2) is 4.68 Å². The van der Waals surface area contributed by atoms with E-state index in [0.717, 1.165) is 4.68 Å². The number of nitrogen functional groups attached to an aromatic ring is 1. The SMILES string of the molecule is Cn1nc(N)nc1Nc1cc(Br)cc(S(F)(F)(F)(F)F)c1. The molecule has 1 aromatic carbocycles. The van der Waals surface area contributed by atoms with E-state index < -0.39 is 15.1 Å². The van der Waals surface area contributed by atoms with Gasteiger partial charge in [-0.1, -0.05) is 35.4 Å². The van der Waals surface area contributed by atoms with E-state index in [9.17, 15) is 19.4 Å². The molecule has 0 atom stereocenters. The lowest BCUT2D eigenvalue weighted by Crippen LogP contribution is -2.07. The molecule has 12 heteroatoms. The Balaban J connectivity index is 2.48. The molecule has 0 spiro atoms. The van der Waals surface area contributed by atoms with Crippen molar-refractivity contribution < 1.29 is 19.4 Å². The molecular formula is C9H9BrF5N5S. The van der Waals surface area contributed by atoms with E-state index in [2.05, 4.69) is 31.3 Å². The van der Waals surface area contributed by atoms with Crippen LogP contribution in [0.5, 0.6) is 0 Å². The molecule has 3 N–H and O–H groups in total. The van der Waals surface area contributed by atoms with E-state index in [0.29, 0.717) is 12.1 Å². The number of benzene rings is 1.